The van der Waals surface area contributed by atoms with Gasteiger partial charge in [-0.3, -0.25) is 23.4 Å². The van der Waals surface area contributed by atoms with E-state index >= 15 is 0 Å². The maximum Gasteiger partial charge on any atom is 0.472 e. The van der Waals surface area contributed by atoms with Gasteiger partial charge in [-0.15, -0.1) is 0 Å². The SMILES string of the molecule is CC/C=C\C/C=C\C/C=C\C/C=C\C/C=C\C/C=C\CCC(=O)OC(COC(=O)C/C=C\C/C=C\C/C=C\C/C=C\C/C=C\CC)COP(=O)(O)OCC(CO)OC(=O)CCCCCCCCCCCCC. The average Bonchev–Trinajstić information content (AvgIpc) is 3.37. The first kappa shape index (κ1) is 67.6. The van der Waals surface area contributed by atoms with Gasteiger partial charge in [0.1, 0.15) is 12.7 Å². The Kier molecular flexibility index (Phi) is 49.7. The normalized spacial score (nSPS) is 14.5. The number of hydrogen-bond donors (Lipinski definition) is 2. The fourth-order valence-electron chi connectivity index (χ4n) is 6.57. The van der Waals surface area contributed by atoms with Crippen LogP contribution in [0.2, 0.25) is 0 Å². The van der Waals surface area contributed by atoms with Gasteiger partial charge in [-0.05, 0) is 83.5 Å². The summed E-state index contributed by atoms with van der Waals surface area (Å²) in [5, 5.41) is 9.77. The molecule has 0 heterocycles. The highest BCUT2D eigenvalue weighted by molar-refractivity contribution is 7.47. The summed E-state index contributed by atoms with van der Waals surface area (Å²) in [6, 6.07) is 0. The molecule has 0 rings (SSSR count). The zero-order chi connectivity index (χ0) is 52.7. The third kappa shape index (κ3) is 50.6. The quantitative estimate of drug-likeness (QED) is 0.0197. The lowest BCUT2D eigenvalue weighted by Crippen LogP contribution is -2.30. The average molecular weight is 1020 g/mol. The molecule has 0 aliphatic rings. The molecule has 0 aromatic carbocycles. The monoisotopic (exact) mass is 1020 g/mol. The molecule has 0 bridgehead atoms. The summed E-state index contributed by atoms with van der Waals surface area (Å²) in [6.07, 6.45) is 66.1. The first-order valence-electron chi connectivity index (χ1n) is 27.1. The summed E-state index contributed by atoms with van der Waals surface area (Å²) in [6.45, 7) is 4.18. The number of hydrogen-bond acceptors (Lipinski definition) is 10. The fourth-order valence-corrected chi connectivity index (χ4v) is 7.35. The van der Waals surface area contributed by atoms with Gasteiger partial charge in [0, 0.05) is 12.8 Å². The van der Waals surface area contributed by atoms with Crippen molar-refractivity contribution in [1.82, 2.24) is 0 Å². The minimum atomic E-state index is -4.79. The number of carbonyl (C=O) groups excluding carboxylic acids is 3. The van der Waals surface area contributed by atoms with E-state index in [1.807, 2.05) is 24.3 Å². The maximum atomic E-state index is 12.9. The Morgan fingerprint density at radius 1 is 0.417 bits per heavy atom. The van der Waals surface area contributed by atoms with Crippen molar-refractivity contribution >= 4 is 25.7 Å². The van der Waals surface area contributed by atoms with Crippen LogP contribution in [-0.2, 0) is 42.2 Å². The van der Waals surface area contributed by atoms with Gasteiger partial charge in [0.15, 0.2) is 6.10 Å². The summed E-state index contributed by atoms with van der Waals surface area (Å²) in [5.41, 5.74) is 0. The molecule has 3 unspecified atom stereocenters. The highest BCUT2D eigenvalue weighted by atomic mass is 31.2. The number of carbonyl (C=O) groups is 3. The molecular weight excluding hydrogens is 928 g/mol. The summed E-state index contributed by atoms with van der Waals surface area (Å²) >= 11 is 0. The molecule has 0 amide bonds. The van der Waals surface area contributed by atoms with E-state index in [0.29, 0.717) is 25.7 Å². The molecule has 2 N–H and O–H groups in total. The van der Waals surface area contributed by atoms with Gasteiger partial charge < -0.3 is 24.2 Å². The van der Waals surface area contributed by atoms with E-state index in [9.17, 15) is 28.9 Å². The van der Waals surface area contributed by atoms with Crippen molar-refractivity contribution < 1.29 is 52.2 Å². The lowest BCUT2D eigenvalue weighted by atomic mass is 10.1. The Bertz CT molecular complexity index is 1710. The number of aliphatic hydroxyl groups excluding tert-OH is 1. The largest absolute Gasteiger partial charge is 0.472 e. The van der Waals surface area contributed by atoms with E-state index in [1.54, 1.807) is 6.08 Å². The predicted molar refractivity (Wildman–Crippen MR) is 297 cm³/mol. The summed E-state index contributed by atoms with van der Waals surface area (Å²) in [4.78, 5) is 48.3. The van der Waals surface area contributed by atoms with Crippen LogP contribution in [0.15, 0.2) is 134 Å². The molecule has 72 heavy (non-hydrogen) atoms. The highest BCUT2D eigenvalue weighted by Gasteiger charge is 2.28. The number of allylic oxidation sites excluding steroid dienone is 21. The van der Waals surface area contributed by atoms with Crippen molar-refractivity contribution in [3.8, 4) is 0 Å². The van der Waals surface area contributed by atoms with Gasteiger partial charge in [0.2, 0.25) is 0 Å². The predicted octanol–water partition coefficient (Wildman–Crippen LogP) is 15.8. The molecule has 0 spiro atoms. The van der Waals surface area contributed by atoms with Crippen LogP contribution in [0.1, 0.15) is 188 Å². The topological polar surface area (TPSA) is 155 Å². The van der Waals surface area contributed by atoms with E-state index < -0.39 is 64.4 Å². The summed E-state index contributed by atoms with van der Waals surface area (Å²) in [5.74, 6) is -1.74. The molecule has 0 saturated carbocycles. The van der Waals surface area contributed by atoms with Gasteiger partial charge in [-0.25, -0.2) is 4.57 Å². The number of rotatable bonds is 48. The number of phosphoric acid groups is 1. The minimum absolute atomic E-state index is 0.0165. The molecule has 0 aliphatic carbocycles. The Balaban J connectivity index is 4.99. The molecule has 3 atom stereocenters. The third-order valence-electron chi connectivity index (χ3n) is 10.6. The van der Waals surface area contributed by atoms with E-state index in [-0.39, 0.29) is 19.3 Å². The molecule has 11 nitrogen and oxygen atoms in total. The number of esters is 3. The van der Waals surface area contributed by atoms with E-state index in [2.05, 4.69) is 124 Å². The van der Waals surface area contributed by atoms with E-state index in [4.69, 9.17) is 23.3 Å². The van der Waals surface area contributed by atoms with Crippen LogP contribution in [-0.4, -0.2) is 66.5 Å². The Hall–Kier alpha value is -4.38. The van der Waals surface area contributed by atoms with Crippen molar-refractivity contribution in [3.05, 3.63) is 134 Å². The molecule has 0 fully saturated rings. The standard InChI is InChI=1S/C60H95O11P/c1-4-7-10-13-16-19-22-24-26-27-28-29-31-33-36-39-42-45-48-51-60(64)71-57(53-67-58(62)49-46-43-40-37-35-32-30-25-23-20-17-14-11-8-5-2)55-69-72(65,66)68-54-56(52-61)70-59(63)50-47-44-41-38-34-21-18-15-12-9-6-3/h7-8,10-11,16-17,19-20,24-26,28-30,33,35-37,42-43,45-46,56-57,61H,4-6,9,12-15,18,21-23,27,31-32,34,38-41,44,47-55H2,1-3H3,(H,65,66)/b10-7-,11-8-,19-16-,20-17-,26-24-,29-28-,30-25-,36-33-,37-35-,45-42-,46-43-. The molecule has 0 radical (unpaired) electrons. The highest BCUT2D eigenvalue weighted by Crippen LogP contribution is 2.43. The van der Waals surface area contributed by atoms with Gasteiger partial charge in [0.05, 0.1) is 26.2 Å². The van der Waals surface area contributed by atoms with Gasteiger partial charge in [-0.1, -0.05) is 219 Å². The van der Waals surface area contributed by atoms with Crippen LogP contribution in [0.25, 0.3) is 0 Å². The van der Waals surface area contributed by atoms with Crippen LogP contribution < -0.4 is 0 Å². The van der Waals surface area contributed by atoms with Crippen LogP contribution >= 0.6 is 7.82 Å². The van der Waals surface area contributed by atoms with Crippen molar-refractivity contribution in [2.24, 2.45) is 0 Å². The second kappa shape index (κ2) is 52.9. The maximum absolute atomic E-state index is 12.9. The number of aliphatic hydroxyl groups is 1. The third-order valence-corrected chi connectivity index (χ3v) is 11.6. The minimum Gasteiger partial charge on any atom is -0.461 e. The Morgan fingerprint density at radius 3 is 1.18 bits per heavy atom. The van der Waals surface area contributed by atoms with Crippen LogP contribution in [0.4, 0.5) is 0 Å². The number of ether oxygens (including phenoxy) is 3. The lowest BCUT2D eigenvalue weighted by Gasteiger charge is -2.21. The first-order valence-corrected chi connectivity index (χ1v) is 28.6. The Morgan fingerprint density at radius 2 is 0.764 bits per heavy atom. The molecule has 406 valence electrons. The molecular formula is C60H95O11P. The van der Waals surface area contributed by atoms with Gasteiger partial charge >= 0.3 is 25.7 Å². The van der Waals surface area contributed by atoms with E-state index in [1.165, 1.54) is 44.9 Å². The fraction of sp³-hybridized carbons (Fsp3) is 0.583. The molecule has 0 aromatic rings. The zero-order valence-electron chi connectivity index (χ0n) is 44.6. The molecule has 0 aliphatic heterocycles. The van der Waals surface area contributed by atoms with Crippen LogP contribution in [0.3, 0.4) is 0 Å². The number of unbranched alkanes of at least 4 members (excludes halogenated alkanes) is 10. The Labute approximate surface area is 436 Å². The molecule has 0 aromatic heterocycles. The van der Waals surface area contributed by atoms with Gasteiger partial charge in [0.25, 0.3) is 0 Å². The van der Waals surface area contributed by atoms with Crippen LogP contribution in [0.5, 0.6) is 0 Å². The van der Waals surface area contributed by atoms with Crippen molar-refractivity contribution in [3.63, 3.8) is 0 Å². The van der Waals surface area contributed by atoms with Crippen LogP contribution in [0, 0.1) is 0 Å². The summed E-state index contributed by atoms with van der Waals surface area (Å²) in [7, 11) is -4.79. The van der Waals surface area contributed by atoms with Gasteiger partial charge in [-0.2, -0.15) is 0 Å². The lowest BCUT2D eigenvalue weighted by molar-refractivity contribution is -0.160. The second-order valence-corrected chi connectivity index (χ2v) is 18.8. The van der Waals surface area contributed by atoms with Crippen molar-refractivity contribution in [1.29, 1.82) is 0 Å². The van der Waals surface area contributed by atoms with E-state index in [0.717, 1.165) is 77.0 Å². The van der Waals surface area contributed by atoms with Crippen molar-refractivity contribution in [2.45, 2.75) is 200 Å². The smallest absolute Gasteiger partial charge is 0.461 e. The first-order chi connectivity index (χ1) is 35.2. The zero-order valence-corrected chi connectivity index (χ0v) is 45.5. The summed E-state index contributed by atoms with van der Waals surface area (Å²) < 4.78 is 39.2. The van der Waals surface area contributed by atoms with Crippen molar-refractivity contribution in [2.75, 3.05) is 26.4 Å². The second-order valence-electron chi connectivity index (χ2n) is 17.3. The molecule has 0 saturated heterocycles. The number of phosphoric ester groups is 1. The molecule has 12 heteroatoms.